The third-order valence-corrected chi connectivity index (χ3v) is 3.47. The highest BCUT2D eigenvalue weighted by molar-refractivity contribution is 5.94. The lowest BCUT2D eigenvalue weighted by Crippen LogP contribution is -2.32. The van der Waals surface area contributed by atoms with E-state index in [0.29, 0.717) is 18.5 Å². The van der Waals surface area contributed by atoms with Gasteiger partial charge in [0.2, 0.25) is 0 Å². The topological polar surface area (TPSA) is 62.2 Å². The molecular formula is C17H19FN2O2. The van der Waals surface area contributed by atoms with Crippen molar-refractivity contribution < 1.29 is 14.3 Å². The Hall–Kier alpha value is -2.27. The summed E-state index contributed by atoms with van der Waals surface area (Å²) < 4.78 is 13.5. The maximum atomic E-state index is 13.5. The molecule has 22 heavy (non-hydrogen) atoms. The number of aliphatic hydroxyl groups excluding tert-OH is 1. The van der Waals surface area contributed by atoms with Gasteiger partial charge in [0.15, 0.2) is 0 Å². The van der Waals surface area contributed by atoms with Crippen LogP contribution in [-0.2, 0) is 6.42 Å². The number of rotatable bonds is 6. The molecule has 1 atom stereocenters. The van der Waals surface area contributed by atoms with E-state index in [-0.39, 0.29) is 24.0 Å². The zero-order valence-electron chi connectivity index (χ0n) is 12.4. The smallest absolute Gasteiger partial charge is 0.251 e. The Labute approximate surface area is 129 Å². The van der Waals surface area contributed by atoms with Gasteiger partial charge >= 0.3 is 0 Å². The lowest BCUT2D eigenvalue weighted by atomic mass is 10.0. The van der Waals surface area contributed by atoms with Gasteiger partial charge in [-0.1, -0.05) is 12.1 Å². The molecule has 1 unspecified atom stereocenters. The van der Waals surface area contributed by atoms with E-state index in [2.05, 4.69) is 10.3 Å². The number of halogens is 1. The number of carbonyl (C=O) groups excluding carboxylic acids is 1. The molecular weight excluding hydrogens is 283 g/mol. The fraction of sp³-hybridized carbons (Fsp3) is 0.294. The Morgan fingerprint density at radius 2 is 2.18 bits per heavy atom. The van der Waals surface area contributed by atoms with Crippen LogP contribution < -0.4 is 5.32 Å². The fourth-order valence-electron chi connectivity index (χ4n) is 2.09. The Kier molecular flexibility index (Phi) is 5.61. The molecule has 0 aliphatic heterocycles. The lowest BCUT2D eigenvalue weighted by molar-refractivity contribution is 0.0939. The van der Waals surface area contributed by atoms with Crippen molar-refractivity contribution in [3.05, 3.63) is 65.2 Å². The van der Waals surface area contributed by atoms with Gasteiger partial charge in [-0.05, 0) is 43.2 Å². The number of benzene rings is 1. The van der Waals surface area contributed by atoms with Crippen LogP contribution in [0.5, 0.6) is 0 Å². The van der Waals surface area contributed by atoms with Crippen LogP contribution in [0.25, 0.3) is 0 Å². The van der Waals surface area contributed by atoms with E-state index in [1.54, 1.807) is 25.3 Å². The Morgan fingerprint density at radius 1 is 1.36 bits per heavy atom. The number of aliphatic hydroxyl groups is 1. The van der Waals surface area contributed by atoms with Crippen molar-refractivity contribution >= 4 is 5.91 Å². The quantitative estimate of drug-likeness (QED) is 0.859. The van der Waals surface area contributed by atoms with E-state index in [1.807, 2.05) is 18.2 Å². The van der Waals surface area contributed by atoms with Crippen molar-refractivity contribution in [3.8, 4) is 0 Å². The number of hydrogen-bond acceptors (Lipinski definition) is 3. The second kappa shape index (κ2) is 7.66. The number of hydrogen-bond donors (Lipinski definition) is 2. The SMILES string of the molecule is Cc1ccc(C(=O)NCC(CO)Cc2ccccn2)cc1F. The molecule has 0 spiro atoms. The van der Waals surface area contributed by atoms with E-state index in [1.165, 1.54) is 6.07 Å². The van der Waals surface area contributed by atoms with Crippen LogP contribution in [0.1, 0.15) is 21.6 Å². The van der Waals surface area contributed by atoms with E-state index in [9.17, 15) is 14.3 Å². The van der Waals surface area contributed by atoms with Gasteiger partial charge in [0.05, 0.1) is 0 Å². The standard InChI is InChI=1S/C17H19FN2O2/c1-12-5-6-14(9-16(12)18)17(22)20-10-13(11-21)8-15-4-2-3-7-19-15/h2-7,9,13,21H,8,10-11H2,1H3,(H,20,22). The summed E-state index contributed by atoms with van der Waals surface area (Å²) in [6.07, 6.45) is 2.26. The van der Waals surface area contributed by atoms with E-state index in [0.717, 1.165) is 5.69 Å². The highest BCUT2D eigenvalue weighted by Gasteiger charge is 2.13. The van der Waals surface area contributed by atoms with Gasteiger partial charge in [0, 0.05) is 36.5 Å². The zero-order chi connectivity index (χ0) is 15.9. The Bertz CT molecular complexity index is 632. The van der Waals surface area contributed by atoms with Gasteiger partial charge in [0.25, 0.3) is 5.91 Å². The summed E-state index contributed by atoms with van der Waals surface area (Å²) in [4.78, 5) is 16.2. The molecule has 0 aliphatic carbocycles. The molecule has 0 fully saturated rings. The Balaban J connectivity index is 1.92. The summed E-state index contributed by atoms with van der Waals surface area (Å²) in [6, 6.07) is 9.95. The molecule has 0 aliphatic rings. The first-order chi connectivity index (χ1) is 10.6. The first-order valence-electron chi connectivity index (χ1n) is 7.15. The minimum atomic E-state index is -0.403. The predicted molar refractivity (Wildman–Crippen MR) is 82.0 cm³/mol. The molecule has 1 aromatic heterocycles. The summed E-state index contributed by atoms with van der Waals surface area (Å²) in [6.45, 7) is 1.90. The van der Waals surface area contributed by atoms with Crippen LogP contribution in [0.2, 0.25) is 0 Å². The number of nitrogens with zero attached hydrogens (tertiary/aromatic N) is 1. The summed E-state index contributed by atoms with van der Waals surface area (Å²) >= 11 is 0. The third kappa shape index (κ3) is 4.36. The van der Waals surface area contributed by atoms with E-state index < -0.39 is 5.82 Å². The molecule has 2 aromatic rings. The van der Waals surface area contributed by atoms with Crippen LogP contribution in [-0.4, -0.2) is 29.1 Å². The van der Waals surface area contributed by atoms with Crippen LogP contribution in [0.3, 0.4) is 0 Å². The van der Waals surface area contributed by atoms with Gasteiger partial charge in [0.1, 0.15) is 5.82 Å². The highest BCUT2D eigenvalue weighted by atomic mass is 19.1. The van der Waals surface area contributed by atoms with Crippen molar-refractivity contribution in [2.45, 2.75) is 13.3 Å². The van der Waals surface area contributed by atoms with Crippen LogP contribution in [0.15, 0.2) is 42.6 Å². The molecule has 0 radical (unpaired) electrons. The third-order valence-electron chi connectivity index (χ3n) is 3.47. The van der Waals surface area contributed by atoms with Crippen molar-refractivity contribution in [3.63, 3.8) is 0 Å². The number of carbonyl (C=O) groups is 1. The van der Waals surface area contributed by atoms with Gasteiger partial charge < -0.3 is 10.4 Å². The monoisotopic (exact) mass is 302 g/mol. The average Bonchev–Trinajstić information content (AvgIpc) is 2.54. The second-order valence-corrected chi connectivity index (χ2v) is 5.25. The molecule has 116 valence electrons. The molecule has 0 bridgehead atoms. The lowest BCUT2D eigenvalue weighted by Gasteiger charge is -2.15. The maximum absolute atomic E-state index is 13.5. The minimum absolute atomic E-state index is 0.0564. The Morgan fingerprint density at radius 3 is 2.82 bits per heavy atom. The second-order valence-electron chi connectivity index (χ2n) is 5.25. The van der Waals surface area contributed by atoms with Crippen LogP contribution >= 0.6 is 0 Å². The molecule has 1 aromatic carbocycles. The molecule has 5 heteroatoms. The molecule has 1 heterocycles. The minimum Gasteiger partial charge on any atom is -0.396 e. The van der Waals surface area contributed by atoms with Crippen molar-refractivity contribution in [1.82, 2.24) is 10.3 Å². The maximum Gasteiger partial charge on any atom is 0.251 e. The molecule has 4 nitrogen and oxygen atoms in total. The highest BCUT2D eigenvalue weighted by Crippen LogP contribution is 2.10. The number of amides is 1. The predicted octanol–water partition coefficient (Wildman–Crippen LogP) is 2.11. The summed E-state index contributed by atoms with van der Waals surface area (Å²) in [5.74, 6) is -0.882. The largest absolute Gasteiger partial charge is 0.396 e. The summed E-state index contributed by atoms with van der Waals surface area (Å²) in [5, 5.41) is 12.1. The number of aromatic nitrogens is 1. The summed E-state index contributed by atoms with van der Waals surface area (Å²) in [5.41, 5.74) is 1.63. The fourth-order valence-corrected chi connectivity index (χ4v) is 2.09. The molecule has 0 saturated carbocycles. The van der Waals surface area contributed by atoms with E-state index >= 15 is 0 Å². The van der Waals surface area contributed by atoms with Gasteiger partial charge in [-0.3, -0.25) is 9.78 Å². The first kappa shape index (κ1) is 16.1. The average molecular weight is 302 g/mol. The molecule has 1 amide bonds. The van der Waals surface area contributed by atoms with Crippen LogP contribution in [0, 0.1) is 18.7 Å². The molecule has 0 saturated heterocycles. The zero-order valence-corrected chi connectivity index (χ0v) is 12.4. The van der Waals surface area contributed by atoms with Crippen molar-refractivity contribution in [1.29, 1.82) is 0 Å². The number of pyridine rings is 1. The van der Waals surface area contributed by atoms with Crippen LogP contribution in [0.4, 0.5) is 4.39 Å². The number of nitrogens with one attached hydrogen (secondary N) is 1. The number of aryl methyl sites for hydroxylation is 1. The van der Waals surface area contributed by atoms with Gasteiger partial charge in [-0.15, -0.1) is 0 Å². The first-order valence-corrected chi connectivity index (χ1v) is 7.15. The summed E-state index contributed by atoms with van der Waals surface area (Å²) in [7, 11) is 0. The van der Waals surface area contributed by atoms with Crippen molar-refractivity contribution in [2.24, 2.45) is 5.92 Å². The molecule has 2 N–H and O–H groups in total. The van der Waals surface area contributed by atoms with Crippen molar-refractivity contribution in [2.75, 3.05) is 13.2 Å². The normalized spacial score (nSPS) is 12.0. The van der Waals surface area contributed by atoms with Gasteiger partial charge in [-0.25, -0.2) is 4.39 Å². The van der Waals surface area contributed by atoms with Gasteiger partial charge in [-0.2, -0.15) is 0 Å². The molecule has 2 rings (SSSR count). The van der Waals surface area contributed by atoms with E-state index in [4.69, 9.17) is 0 Å².